The number of nitrogens with zero attached hydrogens (tertiary/aromatic N) is 1. The van der Waals surface area contributed by atoms with Crippen LogP contribution in [0.25, 0.3) is 10.9 Å². The number of alkyl halides is 2. The summed E-state index contributed by atoms with van der Waals surface area (Å²) in [6.07, 6.45) is -2.71. The first-order valence-corrected chi connectivity index (χ1v) is 11.1. The number of hydrogen-bond acceptors (Lipinski definition) is 2. The fourth-order valence-electron chi connectivity index (χ4n) is 3.24. The molecule has 2 nitrogen and oxygen atoms in total. The molecular formula is C22H15BrF2NOP. The van der Waals surface area contributed by atoms with Crippen LogP contribution in [0, 0.1) is 0 Å². The van der Waals surface area contributed by atoms with Crippen LogP contribution in [-0.2, 0) is 4.57 Å². The molecule has 0 bridgehead atoms. The zero-order chi connectivity index (χ0) is 19.7. The number of pyridine rings is 1. The number of hydrogen-bond donors (Lipinski definition) is 0. The fraction of sp³-hybridized carbons (Fsp3) is 0.0455. The lowest BCUT2D eigenvalue weighted by atomic mass is 10.1. The minimum Gasteiger partial charge on any atom is -0.307 e. The number of rotatable bonds is 4. The third-order valence-corrected chi connectivity index (χ3v) is 8.00. The first kappa shape index (κ1) is 19.0. The van der Waals surface area contributed by atoms with Crippen molar-refractivity contribution in [3.63, 3.8) is 0 Å². The van der Waals surface area contributed by atoms with Crippen molar-refractivity contribution in [1.82, 2.24) is 4.98 Å². The monoisotopic (exact) mass is 457 g/mol. The first-order chi connectivity index (χ1) is 13.5. The molecule has 1 aromatic heterocycles. The minimum absolute atomic E-state index is 0.162. The second-order valence-corrected chi connectivity index (χ2v) is 9.94. The van der Waals surface area contributed by atoms with E-state index in [-0.39, 0.29) is 11.0 Å². The molecule has 4 aromatic rings. The highest BCUT2D eigenvalue weighted by Gasteiger charge is 2.32. The van der Waals surface area contributed by atoms with Crippen LogP contribution >= 0.6 is 23.1 Å². The summed E-state index contributed by atoms with van der Waals surface area (Å²) in [5.74, 6) is 0. The van der Waals surface area contributed by atoms with Gasteiger partial charge in [0.2, 0.25) is 0 Å². The minimum atomic E-state index is -3.42. The van der Waals surface area contributed by atoms with E-state index in [0.717, 1.165) is 0 Å². The van der Waals surface area contributed by atoms with E-state index >= 15 is 0 Å². The van der Waals surface area contributed by atoms with Gasteiger partial charge in [0.1, 0.15) is 5.44 Å². The molecule has 6 heteroatoms. The Morgan fingerprint density at radius 2 is 1.39 bits per heavy atom. The van der Waals surface area contributed by atoms with Gasteiger partial charge in [-0.1, -0.05) is 76.6 Å². The van der Waals surface area contributed by atoms with Crippen molar-refractivity contribution < 1.29 is 13.3 Å². The predicted octanol–water partition coefficient (Wildman–Crippen LogP) is 5.57. The van der Waals surface area contributed by atoms with E-state index < -0.39 is 13.6 Å². The fourth-order valence-corrected chi connectivity index (χ4v) is 6.18. The topological polar surface area (TPSA) is 30.0 Å². The van der Waals surface area contributed by atoms with Gasteiger partial charge in [-0.3, -0.25) is 0 Å². The van der Waals surface area contributed by atoms with Crippen LogP contribution in [0.4, 0.5) is 8.78 Å². The molecule has 0 atom stereocenters. The van der Waals surface area contributed by atoms with Gasteiger partial charge in [0.25, 0.3) is 6.43 Å². The van der Waals surface area contributed by atoms with Crippen molar-refractivity contribution in [2.24, 2.45) is 0 Å². The molecule has 0 radical (unpaired) electrons. The molecule has 0 N–H and O–H groups in total. The van der Waals surface area contributed by atoms with Crippen molar-refractivity contribution in [2.75, 3.05) is 0 Å². The second-order valence-electron chi connectivity index (χ2n) is 6.31. The van der Waals surface area contributed by atoms with Crippen LogP contribution in [0.3, 0.4) is 0 Å². The Hall–Kier alpha value is -2.36. The highest BCUT2D eigenvalue weighted by molar-refractivity contribution is 9.10. The third kappa shape index (κ3) is 3.30. The average molecular weight is 458 g/mol. The van der Waals surface area contributed by atoms with Crippen LogP contribution < -0.4 is 16.0 Å². The second kappa shape index (κ2) is 7.57. The van der Waals surface area contributed by atoms with Crippen molar-refractivity contribution in [3.8, 4) is 0 Å². The Balaban J connectivity index is 2.07. The molecule has 4 rings (SSSR count). The summed E-state index contributed by atoms with van der Waals surface area (Å²) in [4.78, 5) is 4.57. The van der Waals surface area contributed by atoms with E-state index in [0.29, 0.717) is 26.0 Å². The smallest absolute Gasteiger partial charge is 0.264 e. The summed E-state index contributed by atoms with van der Waals surface area (Å²) < 4.78 is 42.8. The summed E-state index contributed by atoms with van der Waals surface area (Å²) in [7, 11) is -3.42. The largest absolute Gasteiger partial charge is 0.307 e. The van der Waals surface area contributed by atoms with E-state index in [9.17, 15) is 13.3 Å². The van der Waals surface area contributed by atoms with Crippen molar-refractivity contribution in [2.45, 2.75) is 6.43 Å². The van der Waals surface area contributed by atoms with Gasteiger partial charge in [-0.25, -0.2) is 13.8 Å². The molecule has 0 aliphatic heterocycles. The molecule has 0 aliphatic carbocycles. The Morgan fingerprint density at radius 1 is 0.821 bits per heavy atom. The number of halogens is 3. The summed E-state index contributed by atoms with van der Waals surface area (Å²) in [6.45, 7) is 0. The predicted molar refractivity (Wildman–Crippen MR) is 114 cm³/mol. The lowest BCUT2D eigenvalue weighted by Gasteiger charge is -2.20. The van der Waals surface area contributed by atoms with Gasteiger partial charge in [0.15, 0.2) is 7.14 Å². The zero-order valence-corrected chi connectivity index (χ0v) is 17.1. The van der Waals surface area contributed by atoms with Crippen molar-refractivity contribution in [1.29, 1.82) is 0 Å². The Bertz CT molecular complexity index is 1140. The third-order valence-electron chi connectivity index (χ3n) is 4.59. The molecule has 0 saturated carbocycles. The van der Waals surface area contributed by atoms with E-state index in [2.05, 4.69) is 20.9 Å². The van der Waals surface area contributed by atoms with Crippen LogP contribution in [0.15, 0.2) is 89.4 Å². The van der Waals surface area contributed by atoms with Crippen molar-refractivity contribution >= 4 is 50.0 Å². The van der Waals surface area contributed by atoms with Gasteiger partial charge in [0, 0.05) is 26.0 Å². The molecule has 0 unspecified atom stereocenters. The van der Waals surface area contributed by atoms with Gasteiger partial charge in [0.05, 0.1) is 5.52 Å². The zero-order valence-electron chi connectivity index (χ0n) is 14.6. The van der Waals surface area contributed by atoms with Gasteiger partial charge >= 0.3 is 0 Å². The number of aromatic nitrogens is 1. The number of benzene rings is 3. The Labute approximate surface area is 169 Å². The van der Waals surface area contributed by atoms with E-state index in [1.165, 1.54) is 6.07 Å². The van der Waals surface area contributed by atoms with E-state index in [1.807, 2.05) is 12.1 Å². The lowest BCUT2D eigenvalue weighted by molar-refractivity contribution is 0.153. The van der Waals surface area contributed by atoms with Gasteiger partial charge in [-0.15, -0.1) is 0 Å². The number of fused-ring (bicyclic) bond motifs is 1. The maximum Gasteiger partial charge on any atom is 0.264 e. The molecular weight excluding hydrogens is 443 g/mol. The molecule has 0 spiro atoms. The quantitative estimate of drug-likeness (QED) is 0.374. The summed E-state index contributed by atoms with van der Waals surface area (Å²) in [6, 6.07) is 24.1. The summed E-state index contributed by atoms with van der Waals surface area (Å²) >= 11 is 3.32. The highest BCUT2D eigenvalue weighted by atomic mass is 79.9. The normalized spacial score (nSPS) is 11.9. The van der Waals surface area contributed by atoms with Crippen molar-refractivity contribution in [3.05, 3.63) is 95.0 Å². The lowest BCUT2D eigenvalue weighted by Crippen LogP contribution is -2.27. The standard InChI is InChI=1S/C22H15BrF2NOP/c23-15-11-12-20-18(13-15)19(22(24)25)14-21(26-20)28(27,16-7-3-1-4-8-16)17-9-5-2-6-10-17/h1-14,22H. The van der Waals surface area contributed by atoms with Gasteiger partial charge in [-0.05, 0) is 24.3 Å². The molecule has 1 heterocycles. The maximum absolute atomic E-state index is 14.4. The molecule has 28 heavy (non-hydrogen) atoms. The van der Waals surface area contributed by atoms with E-state index in [1.54, 1.807) is 66.7 Å². The Kier molecular flexibility index (Phi) is 5.13. The first-order valence-electron chi connectivity index (χ1n) is 8.60. The Morgan fingerprint density at radius 3 is 1.93 bits per heavy atom. The van der Waals surface area contributed by atoms with Crippen LogP contribution in [0.1, 0.15) is 12.0 Å². The van der Waals surface area contributed by atoms with Gasteiger partial charge in [-0.2, -0.15) is 0 Å². The molecule has 0 saturated heterocycles. The molecule has 0 amide bonds. The highest BCUT2D eigenvalue weighted by Crippen LogP contribution is 2.43. The molecule has 0 fully saturated rings. The molecule has 140 valence electrons. The van der Waals surface area contributed by atoms with Crippen LogP contribution in [0.5, 0.6) is 0 Å². The average Bonchev–Trinajstić information content (AvgIpc) is 2.73. The summed E-state index contributed by atoms with van der Waals surface area (Å²) in [5.41, 5.74) is 0.381. The molecule has 0 aliphatic rings. The summed E-state index contributed by atoms with van der Waals surface area (Å²) in [5, 5.41) is 1.47. The SMILES string of the molecule is O=P(c1ccccc1)(c1ccccc1)c1cc(C(F)F)c2cc(Br)ccc2n1. The maximum atomic E-state index is 14.4. The van der Waals surface area contributed by atoms with Crippen LogP contribution in [-0.4, -0.2) is 4.98 Å². The van der Waals surface area contributed by atoms with Crippen LogP contribution in [0.2, 0.25) is 0 Å². The molecule has 3 aromatic carbocycles. The van der Waals surface area contributed by atoms with E-state index in [4.69, 9.17) is 0 Å². The van der Waals surface area contributed by atoms with Gasteiger partial charge < -0.3 is 4.57 Å².